The number of ether oxygens (including phenoxy) is 1. The lowest BCUT2D eigenvalue weighted by Crippen LogP contribution is -2.04. The summed E-state index contributed by atoms with van der Waals surface area (Å²) in [4.78, 5) is 8.03. The van der Waals surface area contributed by atoms with Gasteiger partial charge < -0.3 is 10.1 Å². The molecule has 0 atom stereocenters. The average Bonchev–Trinajstić information content (AvgIpc) is 2.51. The maximum atomic E-state index is 7.13. The Hall–Kier alpha value is -2.47. The number of benzene rings is 1. The zero-order valence-corrected chi connectivity index (χ0v) is 12.1. The number of nitrogens with one attached hydrogen (secondary N) is 2. The molecule has 0 saturated carbocycles. The van der Waals surface area contributed by atoms with Gasteiger partial charge in [0, 0.05) is 29.3 Å². The van der Waals surface area contributed by atoms with Crippen molar-refractivity contribution in [2.45, 2.75) is 6.92 Å². The summed E-state index contributed by atoms with van der Waals surface area (Å²) >= 11 is 5.80. The highest BCUT2D eigenvalue weighted by Crippen LogP contribution is 2.14. The van der Waals surface area contributed by atoms with E-state index in [1.807, 2.05) is 19.1 Å². The second kappa shape index (κ2) is 7.35. The second-order valence-electron chi connectivity index (χ2n) is 4.23. The van der Waals surface area contributed by atoms with Crippen molar-refractivity contribution in [1.29, 1.82) is 5.53 Å². The summed E-state index contributed by atoms with van der Waals surface area (Å²) in [5.41, 5.74) is 9.34. The minimum Gasteiger partial charge on any atom is -0.457 e. The highest BCUT2D eigenvalue weighted by atomic mass is 35.5. The summed E-state index contributed by atoms with van der Waals surface area (Å²) in [6, 6.07) is 7.44. The first-order valence-electron chi connectivity index (χ1n) is 6.17. The van der Waals surface area contributed by atoms with Crippen LogP contribution in [-0.4, -0.2) is 16.6 Å². The third-order valence-corrected chi connectivity index (χ3v) is 2.75. The van der Waals surface area contributed by atoms with E-state index in [-0.39, 0.29) is 12.6 Å². The molecule has 1 heterocycles. The Kier molecular flexibility index (Phi) is 5.22. The van der Waals surface area contributed by atoms with Gasteiger partial charge in [0.15, 0.2) is 0 Å². The quantitative estimate of drug-likeness (QED) is 0.795. The molecule has 7 heteroatoms. The lowest BCUT2D eigenvalue weighted by Gasteiger charge is -2.05. The molecule has 0 aliphatic rings. The molecule has 1 aromatic carbocycles. The maximum absolute atomic E-state index is 7.13. The summed E-state index contributed by atoms with van der Waals surface area (Å²) in [6.07, 6.45) is 4.91. The lowest BCUT2D eigenvalue weighted by atomic mass is 10.3. The molecule has 0 radical (unpaired) electrons. The van der Waals surface area contributed by atoms with Gasteiger partial charge in [-0.15, -0.1) is 0 Å². The van der Waals surface area contributed by atoms with Crippen LogP contribution < -0.4 is 10.1 Å². The monoisotopic (exact) mass is 303 g/mol. The Balaban J connectivity index is 1.92. The molecule has 2 rings (SSSR count). The Morgan fingerprint density at radius 3 is 2.62 bits per heavy atom. The fourth-order valence-corrected chi connectivity index (χ4v) is 1.54. The van der Waals surface area contributed by atoms with Gasteiger partial charge in [-0.3, -0.25) is 0 Å². The van der Waals surface area contributed by atoms with Crippen LogP contribution in [0.4, 0.5) is 5.69 Å². The molecule has 0 unspecified atom stereocenters. The number of hydrogen-bond acceptors (Lipinski definition) is 6. The molecule has 0 aliphatic heterocycles. The van der Waals surface area contributed by atoms with Crippen LogP contribution in [0.15, 0.2) is 53.7 Å². The minimum atomic E-state index is 0.104. The van der Waals surface area contributed by atoms with E-state index in [4.69, 9.17) is 21.9 Å². The van der Waals surface area contributed by atoms with E-state index >= 15 is 0 Å². The molecule has 0 fully saturated rings. The highest BCUT2D eigenvalue weighted by molar-refractivity contribution is 6.30. The van der Waals surface area contributed by atoms with Crippen LogP contribution in [0.1, 0.15) is 5.56 Å². The van der Waals surface area contributed by atoms with Crippen molar-refractivity contribution >= 4 is 17.3 Å². The number of rotatable bonds is 6. The van der Waals surface area contributed by atoms with Gasteiger partial charge in [-0.25, -0.2) is 15.5 Å². The molecule has 6 nitrogen and oxygen atoms in total. The molecular weight excluding hydrogens is 290 g/mol. The third-order valence-electron chi connectivity index (χ3n) is 2.50. The van der Waals surface area contributed by atoms with Gasteiger partial charge in [-0.05, 0) is 36.8 Å². The molecule has 0 spiro atoms. The maximum Gasteiger partial charge on any atom is 0.316 e. The number of aryl methyl sites for hydroxylation is 1. The molecular formula is C14H14ClN5O. The van der Waals surface area contributed by atoms with E-state index in [0.717, 1.165) is 11.3 Å². The second-order valence-corrected chi connectivity index (χ2v) is 4.67. The molecule has 0 bridgehead atoms. The number of aromatic nitrogens is 2. The first-order valence-corrected chi connectivity index (χ1v) is 6.55. The largest absolute Gasteiger partial charge is 0.457 e. The van der Waals surface area contributed by atoms with E-state index in [2.05, 4.69) is 20.4 Å². The molecule has 1 aromatic heterocycles. The van der Waals surface area contributed by atoms with Crippen molar-refractivity contribution in [3.05, 3.63) is 59.1 Å². The van der Waals surface area contributed by atoms with Crippen molar-refractivity contribution in [2.24, 2.45) is 5.11 Å². The van der Waals surface area contributed by atoms with Gasteiger partial charge >= 0.3 is 6.01 Å². The van der Waals surface area contributed by atoms with Crippen molar-refractivity contribution in [3.63, 3.8) is 0 Å². The molecule has 21 heavy (non-hydrogen) atoms. The van der Waals surface area contributed by atoms with Crippen LogP contribution in [-0.2, 0) is 0 Å². The standard InChI is InChI=1S/C14H14ClN5O/c1-10-6-18-14(19-7-10)21-9-13(20-16)8-17-12-4-2-11(15)3-5-12/h2-8,16-17H,9H2,1H3/b13-8-,20-16?. The summed E-state index contributed by atoms with van der Waals surface area (Å²) in [6.45, 7) is 2.00. The van der Waals surface area contributed by atoms with Crippen molar-refractivity contribution in [1.82, 2.24) is 9.97 Å². The molecule has 2 aromatic rings. The molecule has 2 N–H and O–H groups in total. The van der Waals surface area contributed by atoms with Crippen LogP contribution in [0.2, 0.25) is 5.02 Å². The summed E-state index contributed by atoms with van der Waals surface area (Å²) in [5, 5.41) is 7.07. The van der Waals surface area contributed by atoms with Gasteiger partial charge in [-0.1, -0.05) is 11.6 Å². The number of nitrogens with zero attached hydrogens (tertiary/aromatic N) is 3. The Morgan fingerprint density at radius 1 is 1.33 bits per heavy atom. The third kappa shape index (κ3) is 4.85. The van der Waals surface area contributed by atoms with Crippen LogP contribution in [0.25, 0.3) is 0 Å². The fourth-order valence-electron chi connectivity index (χ4n) is 1.41. The lowest BCUT2D eigenvalue weighted by molar-refractivity contribution is 0.320. The Morgan fingerprint density at radius 2 is 2.00 bits per heavy atom. The zero-order chi connectivity index (χ0) is 15.1. The van der Waals surface area contributed by atoms with Crippen molar-refractivity contribution in [3.8, 4) is 6.01 Å². The van der Waals surface area contributed by atoms with Crippen LogP contribution in [0.3, 0.4) is 0 Å². The first kappa shape index (κ1) is 14.9. The molecule has 0 amide bonds. The van der Waals surface area contributed by atoms with Gasteiger partial charge in [0.05, 0.1) is 0 Å². The van der Waals surface area contributed by atoms with E-state index in [0.29, 0.717) is 10.7 Å². The van der Waals surface area contributed by atoms with E-state index in [1.165, 1.54) is 0 Å². The Bertz CT molecular complexity index is 625. The minimum absolute atomic E-state index is 0.104. The fraction of sp³-hybridized carbons (Fsp3) is 0.143. The van der Waals surface area contributed by atoms with E-state index in [1.54, 1.807) is 30.7 Å². The van der Waals surface area contributed by atoms with Gasteiger partial charge in [0.2, 0.25) is 0 Å². The van der Waals surface area contributed by atoms with Crippen LogP contribution in [0, 0.1) is 12.5 Å². The van der Waals surface area contributed by atoms with Crippen molar-refractivity contribution < 1.29 is 4.74 Å². The van der Waals surface area contributed by atoms with Crippen LogP contribution >= 0.6 is 11.6 Å². The molecule has 108 valence electrons. The van der Waals surface area contributed by atoms with E-state index in [9.17, 15) is 0 Å². The number of anilines is 1. The highest BCUT2D eigenvalue weighted by Gasteiger charge is 2.00. The zero-order valence-electron chi connectivity index (χ0n) is 11.4. The first-order chi connectivity index (χ1) is 10.2. The number of hydrogen-bond donors (Lipinski definition) is 2. The van der Waals surface area contributed by atoms with Crippen molar-refractivity contribution in [2.75, 3.05) is 11.9 Å². The summed E-state index contributed by atoms with van der Waals surface area (Å²) < 4.78 is 5.36. The van der Waals surface area contributed by atoms with Crippen LogP contribution in [0.5, 0.6) is 6.01 Å². The topological polar surface area (TPSA) is 83.2 Å². The molecule has 0 saturated heterocycles. The summed E-state index contributed by atoms with van der Waals surface area (Å²) in [7, 11) is 0. The summed E-state index contributed by atoms with van der Waals surface area (Å²) in [5.74, 6) is 0. The predicted molar refractivity (Wildman–Crippen MR) is 80.6 cm³/mol. The Labute approximate surface area is 127 Å². The average molecular weight is 304 g/mol. The van der Waals surface area contributed by atoms with Gasteiger partial charge in [-0.2, -0.15) is 5.11 Å². The van der Waals surface area contributed by atoms with Gasteiger partial charge in [0.25, 0.3) is 0 Å². The number of halogens is 1. The van der Waals surface area contributed by atoms with Gasteiger partial charge in [0.1, 0.15) is 12.3 Å². The normalized spacial score (nSPS) is 11.0. The SMILES string of the molecule is Cc1cnc(OC/C(=C/Nc2ccc(Cl)cc2)N=N)nc1. The van der Waals surface area contributed by atoms with E-state index < -0.39 is 0 Å². The molecule has 0 aliphatic carbocycles. The predicted octanol–water partition coefficient (Wildman–Crippen LogP) is 3.80. The smallest absolute Gasteiger partial charge is 0.316 e.